The van der Waals surface area contributed by atoms with E-state index in [1.165, 1.54) is 11.2 Å². The van der Waals surface area contributed by atoms with Gasteiger partial charge in [0.25, 0.3) is 5.91 Å². The number of rotatable bonds is 3. The van der Waals surface area contributed by atoms with Gasteiger partial charge in [0.05, 0.1) is 12.2 Å². The molecule has 0 saturated heterocycles. The van der Waals surface area contributed by atoms with Crippen LogP contribution in [0.4, 0.5) is 5.69 Å². The second-order valence-electron chi connectivity index (χ2n) is 5.56. The molecule has 1 amide bonds. The van der Waals surface area contributed by atoms with Crippen molar-refractivity contribution in [3.05, 3.63) is 72.3 Å². The van der Waals surface area contributed by atoms with Gasteiger partial charge in [-0.15, -0.1) is 11.8 Å². The summed E-state index contributed by atoms with van der Waals surface area (Å²) in [6.07, 6.45) is 3.20. The predicted octanol–water partition coefficient (Wildman–Crippen LogP) is 3.08. The molecule has 0 fully saturated rings. The smallest absolute Gasteiger partial charge is 0.258 e. The van der Waals surface area contributed by atoms with Crippen LogP contribution in [0.15, 0.2) is 66.1 Å². The van der Waals surface area contributed by atoms with Crippen LogP contribution in [-0.2, 0) is 6.54 Å². The summed E-state index contributed by atoms with van der Waals surface area (Å²) in [5, 5.41) is 4.10. The molecule has 5 nitrogen and oxygen atoms in total. The maximum Gasteiger partial charge on any atom is 0.258 e. The number of carbonyl (C=O) groups excluding carboxylic acids is 1. The molecule has 0 unspecified atom stereocenters. The number of benzene rings is 2. The Kier molecular flexibility index (Phi) is 4.04. The summed E-state index contributed by atoms with van der Waals surface area (Å²) in [6, 6.07) is 15.8. The Balaban J connectivity index is 1.55. The van der Waals surface area contributed by atoms with E-state index < -0.39 is 0 Å². The minimum atomic E-state index is 0.0510. The number of amides is 1. The fourth-order valence-electron chi connectivity index (χ4n) is 2.79. The molecule has 0 aliphatic carbocycles. The van der Waals surface area contributed by atoms with E-state index in [9.17, 15) is 4.79 Å². The van der Waals surface area contributed by atoms with Crippen LogP contribution in [0.1, 0.15) is 15.9 Å². The first-order valence-corrected chi connectivity index (χ1v) is 8.75. The number of hydrogen-bond donors (Lipinski definition) is 0. The van der Waals surface area contributed by atoms with Crippen LogP contribution in [0.25, 0.3) is 0 Å². The lowest BCUT2D eigenvalue weighted by Crippen LogP contribution is -2.35. The Morgan fingerprint density at radius 3 is 2.75 bits per heavy atom. The van der Waals surface area contributed by atoms with Gasteiger partial charge in [-0.25, -0.2) is 9.67 Å². The SMILES string of the molecule is O=C(c1ccc(Cn2cncn2)cc1)N1CCSc2ccccc21. The number of thioether (sulfide) groups is 1. The lowest BCUT2D eigenvalue weighted by molar-refractivity contribution is 0.0987. The second kappa shape index (κ2) is 6.49. The number of nitrogens with zero attached hydrogens (tertiary/aromatic N) is 4. The Hall–Kier alpha value is -2.60. The monoisotopic (exact) mass is 336 g/mol. The van der Waals surface area contributed by atoms with Crippen molar-refractivity contribution in [2.24, 2.45) is 0 Å². The summed E-state index contributed by atoms with van der Waals surface area (Å²) >= 11 is 1.80. The van der Waals surface area contributed by atoms with Gasteiger partial charge < -0.3 is 4.90 Å². The molecule has 6 heteroatoms. The van der Waals surface area contributed by atoms with Crippen molar-refractivity contribution in [3.63, 3.8) is 0 Å². The molecule has 3 aromatic rings. The zero-order valence-corrected chi connectivity index (χ0v) is 13.8. The highest BCUT2D eigenvalue weighted by atomic mass is 32.2. The van der Waals surface area contributed by atoms with Crippen LogP contribution < -0.4 is 4.90 Å². The molecule has 1 aliphatic heterocycles. The molecular weight excluding hydrogens is 320 g/mol. The van der Waals surface area contributed by atoms with Gasteiger partial charge in [0.15, 0.2) is 0 Å². The first kappa shape index (κ1) is 15.0. The third-order valence-electron chi connectivity index (χ3n) is 3.99. The first-order chi connectivity index (χ1) is 11.8. The van der Waals surface area contributed by atoms with E-state index in [-0.39, 0.29) is 5.91 Å². The maximum absolute atomic E-state index is 12.9. The molecule has 0 saturated carbocycles. The van der Waals surface area contributed by atoms with Crippen molar-refractivity contribution in [2.45, 2.75) is 11.4 Å². The fraction of sp³-hybridized carbons (Fsp3) is 0.167. The topological polar surface area (TPSA) is 51.0 Å². The lowest BCUT2D eigenvalue weighted by atomic mass is 10.1. The highest BCUT2D eigenvalue weighted by molar-refractivity contribution is 7.99. The molecule has 120 valence electrons. The number of hydrogen-bond acceptors (Lipinski definition) is 4. The Bertz CT molecular complexity index is 846. The molecule has 1 aromatic heterocycles. The van der Waals surface area contributed by atoms with E-state index in [2.05, 4.69) is 16.1 Å². The molecule has 24 heavy (non-hydrogen) atoms. The van der Waals surface area contributed by atoms with Crippen LogP contribution in [0.2, 0.25) is 0 Å². The largest absolute Gasteiger partial charge is 0.306 e. The maximum atomic E-state index is 12.9. The lowest BCUT2D eigenvalue weighted by Gasteiger charge is -2.29. The van der Waals surface area contributed by atoms with Gasteiger partial charge in [0.1, 0.15) is 12.7 Å². The highest BCUT2D eigenvalue weighted by Gasteiger charge is 2.23. The Morgan fingerprint density at radius 2 is 1.96 bits per heavy atom. The van der Waals surface area contributed by atoms with E-state index in [1.54, 1.807) is 22.8 Å². The van der Waals surface area contributed by atoms with Crippen LogP contribution in [0.3, 0.4) is 0 Å². The van der Waals surface area contributed by atoms with E-state index in [0.717, 1.165) is 23.5 Å². The number of carbonyl (C=O) groups is 1. The minimum absolute atomic E-state index is 0.0510. The van der Waals surface area contributed by atoms with E-state index in [0.29, 0.717) is 12.1 Å². The molecule has 0 N–H and O–H groups in total. The standard InChI is InChI=1S/C18H16N4OS/c23-18(22-9-10-24-17-4-2-1-3-16(17)22)15-7-5-14(6-8-15)11-21-13-19-12-20-21/h1-8,12-13H,9-11H2. The Morgan fingerprint density at radius 1 is 1.12 bits per heavy atom. The molecule has 0 spiro atoms. The Labute approximate surface area is 144 Å². The average Bonchev–Trinajstić information content (AvgIpc) is 3.14. The summed E-state index contributed by atoms with van der Waals surface area (Å²) in [7, 11) is 0. The van der Waals surface area contributed by atoms with E-state index in [4.69, 9.17) is 0 Å². The van der Waals surface area contributed by atoms with Gasteiger partial charge in [-0.2, -0.15) is 5.10 Å². The number of anilines is 1. The van der Waals surface area contributed by atoms with Crippen LogP contribution >= 0.6 is 11.8 Å². The van der Waals surface area contributed by atoms with Gasteiger partial charge >= 0.3 is 0 Å². The summed E-state index contributed by atoms with van der Waals surface area (Å²) in [5.41, 5.74) is 2.80. The van der Waals surface area contributed by atoms with Gasteiger partial charge in [-0.05, 0) is 29.8 Å². The average molecular weight is 336 g/mol. The van der Waals surface area contributed by atoms with Crippen molar-refractivity contribution in [2.75, 3.05) is 17.2 Å². The molecule has 2 heterocycles. The van der Waals surface area contributed by atoms with E-state index >= 15 is 0 Å². The molecule has 1 aliphatic rings. The van der Waals surface area contributed by atoms with Gasteiger partial charge in [-0.3, -0.25) is 4.79 Å². The van der Waals surface area contributed by atoms with Crippen molar-refractivity contribution in [3.8, 4) is 0 Å². The minimum Gasteiger partial charge on any atom is -0.306 e. The second-order valence-corrected chi connectivity index (χ2v) is 6.70. The van der Waals surface area contributed by atoms with Crippen LogP contribution in [-0.4, -0.2) is 33.0 Å². The van der Waals surface area contributed by atoms with Crippen molar-refractivity contribution in [1.82, 2.24) is 14.8 Å². The van der Waals surface area contributed by atoms with Gasteiger partial charge in [0, 0.05) is 22.8 Å². The first-order valence-electron chi connectivity index (χ1n) is 7.76. The molecule has 0 atom stereocenters. The van der Waals surface area contributed by atoms with Crippen molar-refractivity contribution >= 4 is 23.4 Å². The van der Waals surface area contributed by atoms with Crippen LogP contribution in [0, 0.1) is 0 Å². The van der Waals surface area contributed by atoms with E-state index in [1.807, 2.05) is 47.4 Å². The van der Waals surface area contributed by atoms with Crippen molar-refractivity contribution < 1.29 is 4.79 Å². The van der Waals surface area contributed by atoms with Gasteiger partial charge in [-0.1, -0.05) is 24.3 Å². The molecule has 0 bridgehead atoms. The number of fused-ring (bicyclic) bond motifs is 1. The van der Waals surface area contributed by atoms with Crippen molar-refractivity contribution in [1.29, 1.82) is 0 Å². The highest BCUT2D eigenvalue weighted by Crippen LogP contribution is 2.35. The quantitative estimate of drug-likeness (QED) is 0.737. The summed E-state index contributed by atoms with van der Waals surface area (Å²) in [4.78, 5) is 19.9. The molecular formula is C18H16N4OS. The zero-order valence-electron chi connectivity index (χ0n) is 13.0. The number of para-hydroxylation sites is 1. The third-order valence-corrected chi connectivity index (χ3v) is 5.03. The predicted molar refractivity (Wildman–Crippen MR) is 94.4 cm³/mol. The summed E-state index contributed by atoms with van der Waals surface area (Å²) in [6.45, 7) is 1.39. The van der Waals surface area contributed by atoms with Gasteiger partial charge in [0.2, 0.25) is 0 Å². The molecule has 2 aromatic carbocycles. The zero-order chi connectivity index (χ0) is 16.4. The number of aromatic nitrogens is 3. The summed E-state index contributed by atoms with van der Waals surface area (Å²) < 4.78 is 1.76. The molecule has 4 rings (SSSR count). The third kappa shape index (κ3) is 2.92. The molecule has 0 radical (unpaired) electrons. The normalized spacial score (nSPS) is 13.6. The fourth-order valence-corrected chi connectivity index (χ4v) is 3.79. The van der Waals surface area contributed by atoms with Crippen LogP contribution in [0.5, 0.6) is 0 Å². The summed E-state index contributed by atoms with van der Waals surface area (Å²) in [5.74, 6) is 0.975.